The van der Waals surface area contributed by atoms with E-state index in [0.29, 0.717) is 11.2 Å². The first-order valence-electron chi connectivity index (χ1n) is 7.55. The molecular formula is C17H16FN3O4. The fraction of sp³-hybridized carbons (Fsp3) is 0.235. The van der Waals surface area contributed by atoms with Gasteiger partial charge in [-0.2, -0.15) is 0 Å². The fourth-order valence-electron chi connectivity index (χ4n) is 2.58. The molecule has 2 N–H and O–H groups in total. The van der Waals surface area contributed by atoms with Crippen LogP contribution in [0.2, 0.25) is 0 Å². The molecule has 7 nitrogen and oxygen atoms in total. The van der Waals surface area contributed by atoms with E-state index < -0.39 is 17.9 Å². The molecule has 0 aliphatic carbocycles. The molecule has 0 saturated heterocycles. The molecule has 25 heavy (non-hydrogen) atoms. The highest BCUT2D eigenvalue weighted by Crippen LogP contribution is 2.21. The van der Waals surface area contributed by atoms with E-state index in [4.69, 9.17) is 9.26 Å². The standard InChI is InChI=1S/C17H16FN3O4/c1-9-5-15(25-21-9)16(22)20-14(17(23)24-2)6-10-8-19-13-7-11(18)3-4-12(10)13/h3-5,7-8,14,19H,6H2,1-2H3,(H,20,22)/t14-/m0/s1. The number of amides is 1. The third kappa shape index (κ3) is 3.52. The highest BCUT2D eigenvalue weighted by Gasteiger charge is 2.25. The molecule has 0 bridgehead atoms. The number of aromatic nitrogens is 2. The SMILES string of the molecule is COC(=O)[C@H](Cc1c[nH]c2cc(F)ccc12)NC(=O)c1cc(C)no1. The van der Waals surface area contributed by atoms with Crippen LogP contribution in [0.4, 0.5) is 4.39 Å². The maximum Gasteiger partial charge on any atom is 0.328 e. The molecule has 0 aliphatic rings. The zero-order valence-corrected chi connectivity index (χ0v) is 13.6. The highest BCUT2D eigenvalue weighted by molar-refractivity contribution is 5.95. The second kappa shape index (κ2) is 6.76. The average molecular weight is 345 g/mol. The summed E-state index contributed by atoms with van der Waals surface area (Å²) in [6.45, 7) is 1.68. The van der Waals surface area contributed by atoms with Crippen LogP contribution in [-0.2, 0) is 16.0 Å². The van der Waals surface area contributed by atoms with Gasteiger partial charge in [0, 0.05) is 29.6 Å². The van der Waals surface area contributed by atoms with Crippen molar-refractivity contribution >= 4 is 22.8 Å². The lowest BCUT2D eigenvalue weighted by Crippen LogP contribution is -2.42. The predicted molar refractivity (Wildman–Crippen MR) is 86.5 cm³/mol. The molecule has 0 radical (unpaired) electrons. The van der Waals surface area contributed by atoms with E-state index in [1.807, 2.05) is 0 Å². The first-order valence-corrected chi connectivity index (χ1v) is 7.55. The normalized spacial score (nSPS) is 12.1. The lowest BCUT2D eigenvalue weighted by Gasteiger charge is -2.15. The fourth-order valence-corrected chi connectivity index (χ4v) is 2.58. The van der Waals surface area contributed by atoms with Gasteiger partial charge in [-0.3, -0.25) is 4.79 Å². The van der Waals surface area contributed by atoms with Crippen LogP contribution in [-0.4, -0.2) is 35.2 Å². The largest absolute Gasteiger partial charge is 0.467 e. The molecule has 0 fully saturated rings. The molecule has 0 aliphatic heterocycles. The minimum absolute atomic E-state index is 0.00685. The number of nitrogens with zero attached hydrogens (tertiary/aromatic N) is 1. The van der Waals surface area contributed by atoms with Gasteiger partial charge in [0.1, 0.15) is 11.9 Å². The Kier molecular flexibility index (Phi) is 4.51. The van der Waals surface area contributed by atoms with Crippen LogP contribution in [0.1, 0.15) is 21.8 Å². The molecule has 1 aromatic carbocycles. The number of hydrogen-bond acceptors (Lipinski definition) is 5. The number of benzene rings is 1. The number of aromatic amines is 1. The van der Waals surface area contributed by atoms with Crippen LogP contribution in [0.5, 0.6) is 0 Å². The summed E-state index contributed by atoms with van der Waals surface area (Å²) in [7, 11) is 1.24. The molecule has 0 spiro atoms. The van der Waals surface area contributed by atoms with Gasteiger partial charge < -0.3 is 19.6 Å². The molecule has 3 aromatic rings. The van der Waals surface area contributed by atoms with E-state index in [1.54, 1.807) is 19.2 Å². The minimum Gasteiger partial charge on any atom is -0.467 e. The number of ether oxygens (including phenoxy) is 1. The van der Waals surface area contributed by atoms with Crippen molar-refractivity contribution in [3.8, 4) is 0 Å². The van der Waals surface area contributed by atoms with Crippen molar-refractivity contribution in [1.82, 2.24) is 15.5 Å². The zero-order chi connectivity index (χ0) is 18.0. The van der Waals surface area contributed by atoms with E-state index in [2.05, 4.69) is 15.5 Å². The first-order chi connectivity index (χ1) is 12.0. The summed E-state index contributed by atoms with van der Waals surface area (Å²) < 4.78 is 22.9. The van der Waals surface area contributed by atoms with Crippen molar-refractivity contribution in [1.29, 1.82) is 0 Å². The van der Waals surface area contributed by atoms with Crippen LogP contribution >= 0.6 is 0 Å². The Morgan fingerprint density at radius 3 is 2.88 bits per heavy atom. The van der Waals surface area contributed by atoms with E-state index in [-0.39, 0.29) is 18.0 Å². The first kappa shape index (κ1) is 16.7. The van der Waals surface area contributed by atoms with Gasteiger partial charge in [-0.1, -0.05) is 5.16 Å². The number of rotatable bonds is 5. The van der Waals surface area contributed by atoms with Crippen molar-refractivity contribution < 1.29 is 23.2 Å². The maximum absolute atomic E-state index is 13.3. The molecular weight excluding hydrogens is 329 g/mol. The predicted octanol–water partition coefficient (Wildman–Crippen LogP) is 2.12. The van der Waals surface area contributed by atoms with Crippen molar-refractivity contribution in [3.05, 3.63) is 53.3 Å². The quantitative estimate of drug-likeness (QED) is 0.690. The Balaban J connectivity index is 1.83. The molecule has 2 aromatic heterocycles. The third-order valence-electron chi connectivity index (χ3n) is 3.80. The van der Waals surface area contributed by atoms with Gasteiger partial charge in [-0.15, -0.1) is 0 Å². The molecule has 1 amide bonds. The number of carbonyl (C=O) groups excluding carboxylic acids is 2. The van der Waals surface area contributed by atoms with Gasteiger partial charge in [-0.05, 0) is 30.7 Å². The molecule has 8 heteroatoms. The van der Waals surface area contributed by atoms with Crippen molar-refractivity contribution in [3.63, 3.8) is 0 Å². The second-order valence-electron chi connectivity index (χ2n) is 5.59. The lowest BCUT2D eigenvalue weighted by atomic mass is 10.0. The van der Waals surface area contributed by atoms with Crippen molar-refractivity contribution in [2.75, 3.05) is 7.11 Å². The maximum atomic E-state index is 13.3. The molecule has 3 rings (SSSR count). The summed E-state index contributed by atoms with van der Waals surface area (Å²) in [4.78, 5) is 27.2. The van der Waals surface area contributed by atoms with Crippen molar-refractivity contribution in [2.24, 2.45) is 0 Å². The van der Waals surface area contributed by atoms with Crippen LogP contribution < -0.4 is 5.32 Å². The Morgan fingerprint density at radius 2 is 2.20 bits per heavy atom. The van der Waals surface area contributed by atoms with Crippen molar-refractivity contribution in [2.45, 2.75) is 19.4 Å². The third-order valence-corrected chi connectivity index (χ3v) is 3.80. The van der Waals surface area contributed by atoms with Gasteiger partial charge in [0.25, 0.3) is 5.91 Å². The summed E-state index contributed by atoms with van der Waals surface area (Å²) in [5.41, 5.74) is 1.91. The molecule has 2 heterocycles. The number of fused-ring (bicyclic) bond motifs is 1. The van der Waals surface area contributed by atoms with Gasteiger partial charge in [0.15, 0.2) is 0 Å². The number of aryl methyl sites for hydroxylation is 1. The summed E-state index contributed by atoms with van der Waals surface area (Å²) in [6, 6.07) is 4.86. The van der Waals surface area contributed by atoms with Crippen LogP contribution in [0.25, 0.3) is 10.9 Å². The monoisotopic (exact) mass is 345 g/mol. The smallest absolute Gasteiger partial charge is 0.328 e. The Bertz CT molecular complexity index is 931. The van der Waals surface area contributed by atoms with E-state index in [9.17, 15) is 14.0 Å². The van der Waals surface area contributed by atoms with Gasteiger partial charge in [-0.25, -0.2) is 9.18 Å². The van der Waals surface area contributed by atoms with Gasteiger partial charge >= 0.3 is 5.97 Å². The average Bonchev–Trinajstić information content (AvgIpc) is 3.19. The number of halogens is 1. The Morgan fingerprint density at radius 1 is 1.40 bits per heavy atom. The minimum atomic E-state index is -0.924. The molecule has 130 valence electrons. The topological polar surface area (TPSA) is 97.2 Å². The van der Waals surface area contributed by atoms with E-state index in [1.165, 1.54) is 25.3 Å². The Hall–Kier alpha value is -3.16. The summed E-state index contributed by atoms with van der Waals surface area (Å²) in [5, 5.41) is 6.98. The summed E-state index contributed by atoms with van der Waals surface area (Å²) >= 11 is 0. The molecule has 1 atom stereocenters. The van der Waals surface area contributed by atoms with Crippen LogP contribution in [0.3, 0.4) is 0 Å². The number of methoxy groups -OCH3 is 1. The second-order valence-corrected chi connectivity index (χ2v) is 5.59. The molecule has 0 saturated carbocycles. The summed E-state index contributed by atoms with van der Waals surface area (Å²) in [6.07, 6.45) is 1.85. The highest BCUT2D eigenvalue weighted by atomic mass is 19.1. The number of carbonyl (C=O) groups is 2. The van der Waals surface area contributed by atoms with Gasteiger partial charge in [0.2, 0.25) is 5.76 Å². The van der Waals surface area contributed by atoms with E-state index >= 15 is 0 Å². The van der Waals surface area contributed by atoms with Crippen LogP contribution in [0, 0.1) is 12.7 Å². The number of esters is 1. The number of hydrogen-bond donors (Lipinski definition) is 2. The van der Waals surface area contributed by atoms with Crippen LogP contribution in [0.15, 0.2) is 35.0 Å². The zero-order valence-electron chi connectivity index (χ0n) is 13.6. The summed E-state index contributed by atoms with van der Waals surface area (Å²) in [5.74, 6) is -1.52. The van der Waals surface area contributed by atoms with E-state index in [0.717, 1.165) is 10.9 Å². The number of H-pyrrole nitrogens is 1. The molecule has 0 unspecified atom stereocenters. The Labute approximate surface area is 142 Å². The van der Waals surface area contributed by atoms with Gasteiger partial charge in [0.05, 0.1) is 12.8 Å². The lowest BCUT2D eigenvalue weighted by molar-refractivity contribution is -0.142. The number of nitrogens with one attached hydrogen (secondary N) is 2.